The van der Waals surface area contributed by atoms with Gasteiger partial charge < -0.3 is 20.4 Å². The van der Waals surface area contributed by atoms with Crippen molar-refractivity contribution in [1.29, 1.82) is 0 Å². The van der Waals surface area contributed by atoms with Gasteiger partial charge in [0.05, 0.1) is 11.3 Å². The third-order valence-electron chi connectivity index (χ3n) is 5.51. The van der Waals surface area contributed by atoms with Crippen molar-refractivity contribution in [1.82, 2.24) is 24.8 Å². The molecule has 3 heterocycles. The van der Waals surface area contributed by atoms with E-state index >= 15 is 0 Å². The summed E-state index contributed by atoms with van der Waals surface area (Å²) in [5.41, 5.74) is 2.93. The Morgan fingerprint density at radius 1 is 0.970 bits per heavy atom. The number of rotatable bonds is 6. The van der Waals surface area contributed by atoms with Gasteiger partial charge in [0.25, 0.3) is 5.91 Å². The first-order chi connectivity index (χ1) is 16.0. The van der Waals surface area contributed by atoms with E-state index in [2.05, 4.69) is 37.4 Å². The van der Waals surface area contributed by atoms with Crippen molar-refractivity contribution in [2.75, 3.05) is 43.4 Å². The van der Waals surface area contributed by atoms with Crippen LogP contribution in [0.2, 0.25) is 0 Å². The van der Waals surface area contributed by atoms with E-state index in [1.807, 2.05) is 35.2 Å². The topological polar surface area (TPSA) is 103 Å². The molecule has 2 aromatic heterocycles. The minimum Gasteiger partial charge on any atom is -0.336 e. The molecule has 3 aromatic rings. The quantitative estimate of drug-likeness (QED) is 0.601. The highest BCUT2D eigenvalue weighted by atomic mass is 16.2. The molecule has 2 N–H and O–H groups in total. The number of anilines is 3. The fraction of sp³-hybridized carbons (Fsp3) is 0.292. The summed E-state index contributed by atoms with van der Waals surface area (Å²) < 4.78 is 0. The van der Waals surface area contributed by atoms with Crippen LogP contribution in [-0.2, 0) is 4.79 Å². The molecule has 1 aliphatic heterocycles. The van der Waals surface area contributed by atoms with E-state index in [4.69, 9.17) is 0 Å². The first-order valence-corrected chi connectivity index (χ1v) is 11.0. The maximum absolute atomic E-state index is 12.7. The molecule has 170 valence electrons. The van der Waals surface area contributed by atoms with E-state index in [0.717, 1.165) is 49.7 Å². The Labute approximate surface area is 192 Å². The predicted octanol–water partition coefficient (Wildman–Crippen LogP) is 3.02. The van der Waals surface area contributed by atoms with E-state index in [9.17, 15) is 9.59 Å². The number of carbonyl (C=O) groups is 2. The number of hydrogen-bond donors (Lipinski definition) is 2. The number of hydrogen-bond acceptors (Lipinski definition) is 7. The van der Waals surface area contributed by atoms with Gasteiger partial charge in [-0.2, -0.15) is 0 Å². The molecular weight excluding hydrogens is 418 g/mol. The van der Waals surface area contributed by atoms with Crippen LogP contribution in [-0.4, -0.2) is 69.3 Å². The number of nitrogens with one attached hydrogen (secondary N) is 2. The molecule has 1 aromatic carbocycles. The molecule has 0 radical (unpaired) electrons. The molecule has 1 aliphatic rings. The van der Waals surface area contributed by atoms with E-state index in [0.29, 0.717) is 17.3 Å². The Morgan fingerprint density at radius 2 is 1.73 bits per heavy atom. The standard InChI is InChI=1S/C24H27N7O2/c1-3-30-12-14-31(15-13-30)23(33)19-6-9-22(26-16-19)29-24-25-11-10-21(28-24)18-4-7-20(8-5-18)27-17(2)32/h4-11,16H,3,12-15H2,1-2H3,(H,27,32)(H,25,26,28,29). The van der Waals surface area contributed by atoms with Crippen LogP contribution >= 0.6 is 0 Å². The average Bonchev–Trinajstić information content (AvgIpc) is 2.84. The summed E-state index contributed by atoms with van der Waals surface area (Å²) in [4.78, 5) is 41.3. The SMILES string of the molecule is CCN1CCN(C(=O)c2ccc(Nc3nccc(-c4ccc(NC(C)=O)cc4)n3)nc2)CC1. The molecule has 0 saturated carbocycles. The van der Waals surface area contributed by atoms with Crippen LogP contribution < -0.4 is 10.6 Å². The number of likely N-dealkylation sites (N-methyl/N-ethyl adjacent to an activating group) is 1. The summed E-state index contributed by atoms with van der Waals surface area (Å²) in [6, 6.07) is 12.8. The third kappa shape index (κ3) is 5.69. The minimum atomic E-state index is -0.115. The fourth-order valence-corrected chi connectivity index (χ4v) is 3.67. The largest absolute Gasteiger partial charge is 0.336 e. The first kappa shape index (κ1) is 22.3. The maximum Gasteiger partial charge on any atom is 0.255 e. The molecule has 0 unspecified atom stereocenters. The number of amides is 2. The Morgan fingerprint density at radius 3 is 2.36 bits per heavy atom. The van der Waals surface area contributed by atoms with Crippen LogP contribution in [0.4, 0.5) is 17.5 Å². The molecule has 0 atom stereocenters. The second-order valence-corrected chi connectivity index (χ2v) is 7.81. The normalized spacial score (nSPS) is 14.1. The number of carbonyl (C=O) groups excluding carboxylic acids is 2. The van der Waals surface area contributed by atoms with Crippen LogP contribution in [0, 0.1) is 0 Å². The van der Waals surface area contributed by atoms with Gasteiger partial charge in [-0.1, -0.05) is 19.1 Å². The molecule has 1 fully saturated rings. The van der Waals surface area contributed by atoms with Gasteiger partial charge in [0, 0.05) is 56.7 Å². The number of pyridine rings is 1. The lowest BCUT2D eigenvalue weighted by molar-refractivity contribution is -0.114. The molecule has 2 amide bonds. The number of aromatic nitrogens is 3. The summed E-state index contributed by atoms with van der Waals surface area (Å²) >= 11 is 0. The zero-order valence-corrected chi connectivity index (χ0v) is 18.8. The van der Waals surface area contributed by atoms with Gasteiger partial charge in [-0.25, -0.2) is 15.0 Å². The summed E-state index contributed by atoms with van der Waals surface area (Å²) in [5, 5.41) is 5.83. The Kier molecular flexibility index (Phi) is 6.89. The van der Waals surface area contributed by atoms with Gasteiger partial charge in [0.15, 0.2) is 0 Å². The van der Waals surface area contributed by atoms with Gasteiger partial charge >= 0.3 is 0 Å². The van der Waals surface area contributed by atoms with Crippen molar-refractivity contribution >= 4 is 29.3 Å². The predicted molar refractivity (Wildman–Crippen MR) is 127 cm³/mol. The van der Waals surface area contributed by atoms with Crippen molar-refractivity contribution in [2.45, 2.75) is 13.8 Å². The van der Waals surface area contributed by atoms with E-state index in [-0.39, 0.29) is 11.8 Å². The van der Waals surface area contributed by atoms with Crippen LogP contribution in [0.25, 0.3) is 11.3 Å². The second-order valence-electron chi connectivity index (χ2n) is 7.81. The van der Waals surface area contributed by atoms with Crippen molar-refractivity contribution in [2.24, 2.45) is 0 Å². The molecule has 0 spiro atoms. The monoisotopic (exact) mass is 445 g/mol. The van der Waals surface area contributed by atoms with Crippen LogP contribution in [0.5, 0.6) is 0 Å². The third-order valence-corrected chi connectivity index (χ3v) is 5.51. The molecular formula is C24H27N7O2. The second kappa shape index (κ2) is 10.2. The van der Waals surface area contributed by atoms with E-state index < -0.39 is 0 Å². The van der Waals surface area contributed by atoms with Gasteiger partial charge in [0.2, 0.25) is 11.9 Å². The maximum atomic E-state index is 12.7. The number of piperazine rings is 1. The number of benzene rings is 1. The van der Waals surface area contributed by atoms with Gasteiger partial charge in [0.1, 0.15) is 5.82 Å². The molecule has 33 heavy (non-hydrogen) atoms. The number of nitrogens with zero attached hydrogens (tertiary/aromatic N) is 5. The van der Waals surface area contributed by atoms with Gasteiger partial charge in [-0.3, -0.25) is 9.59 Å². The molecule has 0 aliphatic carbocycles. The molecule has 1 saturated heterocycles. The molecule has 9 nitrogen and oxygen atoms in total. The molecule has 0 bridgehead atoms. The van der Waals surface area contributed by atoms with Crippen molar-refractivity contribution in [3.8, 4) is 11.3 Å². The fourth-order valence-electron chi connectivity index (χ4n) is 3.67. The summed E-state index contributed by atoms with van der Waals surface area (Å²) in [5.74, 6) is 0.850. The van der Waals surface area contributed by atoms with E-state index in [1.54, 1.807) is 24.5 Å². The Hall–Kier alpha value is -3.85. The molecule has 4 rings (SSSR count). The van der Waals surface area contributed by atoms with Gasteiger partial charge in [-0.05, 0) is 36.9 Å². The zero-order valence-electron chi connectivity index (χ0n) is 18.8. The highest BCUT2D eigenvalue weighted by molar-refractivity contribution is 5.94. The van der Waals surface area contributed by atoms with Crippen molar-refractivity contribution in [3.05, 3.63) is 60.4 Å². The smallest absolute Gasteiger partial charge is 0.255 e. The summed E-state index contributed by atoms with van der Waals surface area (Å²) in [7, 11) is 0. The minimum absolute atomic E-state index is 0.00533. The first-order valence-electron chi connectivity index (χ1n) is 11.0. The van der Waals surface area contributed by atoms with Gasteiger partial charge in [-0.15, -0.1) is 0 Å². The molecule has 9 heteroatoms. The highest BCUT2D eigenvalue weighted by Gasteiger charge is 2.21. The Balaban J connectivity index is 1.40. The summed E-state index contributed by atoms with van der Waals surface area (Å²) in [6.07, 6.45) is 3.25. The van der Waals surface area contributed by atoms with Crippen LogP contribution in [0.3, 0.4) is 0 Å². The average molecular weight is 446 g/mol. The van der Waals surface area contributed by atoms with Crippen molar-refractivity contribution in [3.63, 3.8) is 0 Å². The lowest BCUT2D eigenvalue weighted by Crippen LogP contribution is -2.48. The van der Waals surface area contributed by atoms with Crippen LogP contribution in [0.1, 0.15) is 24.2 Å². The zero-order chi connectivity index (χ0) is 23.2. The lowest BCUT2D eigenvalue weighted by Gasteiger charge is -2.34. The van der Waals surface area contributed by atoms with Crippen LogP contribution in [0.15, 0.2) is 54.9 Å². The lowest BCUT2D eigenvalue weighted by atomic mass is 10.1. The van der Waals surface area contributed by atoms with Crippen molar-refractivity contribution < 1.29 is 9.59 Å². The summed E-state index contributed by atoms with van der Waals surface area (Å²) in [6.45, 7) is 7.89. The van der Waals surface area contributed by atoms with E-state index in [1.165, 1.54) is 6.92 Å². The Bertz CT molecular complexity index is 1110. The highest BCUT2D eigenvalue weighted by Crippen LogP contribution is 2.21.